The van der Waals surface area contributed by atoms with Crippen molar-refractivity contribution >= 4 is 40.3 Å². The minimum absolute atomic E-state index is 0.0952. The van der Waals surface area contributed by atoms with Gasteiger partial charge in [-0.25, -0.2) is 9.59 Å². The molecule has 1 aliphatic rings. The second-order valence-corrected chi connectivity index (χ2v) is 6.44. The predicted molar refractivity (Wildman–Crippen MR) is 88.8 cm³/mol. The molecule has 1 atom stereocenters. The van der Waals surface area contributed by atoms with Crippen LogP contribution in [0.5, 0.6) is 0 Å². The van der Waals surface area contributed by atoms with Crippen molar-refractivity contribution in [3.8, 4) is 0 Å². The van der Waals surface area contributed by atoms with Gasteiger partial charge in [0.2, 0.25) is 0 Å². The van der Waals surface area contributed by atoms with E-state index in [1.165, 1.54) is 6.07 Å². The van der Waals surface area contributed by atoms with Gasteiger partial charge in [0.05, 0.1) is 11.3 Å². The van der Waals surface area contributed by atoms with Crippen molar-refractivity contribution in [1.29, 1.82) is 0 Å². The van der Waals surface area contributed by atoms with E-state index in [4.69, 9.17) is 0 Å². The minimum Gasteiger partial charge on any atom is -0.478 e. The van der Waals surface area contributed by atoms with E-state index in [2.05, 4.69) is 15.5 Å². The molecule has 6 nitrogen and oxygen atoms in total. The van der Waals surface area contributed by atoms with Gasteiger partial charge in [0, 0.05) is 16.2 Å². The molecule has 1 fully saturated rings. The smallest absolute Gasteiger partial charge is 0.337 e. The van der Waals surface area contributed by atoms with E-state index in [1.807, 2.05) is 29.6 Å². The first-order valence-electron chi connectivity index (χ1n) is 6.74. The molecule has 1 aliphatic heterocycles. The average Bonchev–Trinajstić information content (AvgIpc) is 2.40. The van der Waals surface area contributed by atoms with Crippen molar-refractivity contribution in [3.63, 3.8) is 0 Å². The summed E-state index contributed by atoms with van der Waals surface area (Å²) < 4.78 is 0.810. The molecular formula is C14H18IN3O3. The summed E-state index contributed by atoms with van der Waals surface area (Å²) in [5.74, 6) is -1.05. The maximum absolute atomic E-state index is 12.0. The third-order valence-corrected chi connectivity index (χ3v) is 4.09. The lowest BCUT2D eigenvalue weighted by Gasteiger charge is -2.30. The Kier molecular flexibility index (Phi) is 5.40. The molecule has 114 valence electrons. The molecule has 1 heterocycles. The molecule has 0 bridgehead atoms. The Morgan fingerprint density at radius 2 is 2.19 bits per heavy atom. The van der Waals surface area contributed by atoms with Gasteiger partial charge in [-0.3, -0.25) is 0 Å². The van der Waals surface area contributed by atoms with Gasteiger partial charge < -0.3 is 20.6 Å². The van der Waals surface area contributed by atoms with Crippen LogP contribution in [0.2, 0.25) is 0 Å². The van der Waals surface area contributed by atoms with Crippen molar-refractivity contribution in [2.45, 2.75) is 18.9 Å². The minimum atomic E-state index is -1.05. The zero-order chi connectivity index (χ0) is 15.4. The molecule has 21 heavy (non-hydrogen) atoms. The van der Waals surface area contributed by atoms with Crippen LogP contribution in [-0.2, 0) is 0 Å². The monoisotopic (exact) mass is 403 g/mol. The average molecular weight is 403 g/mol. The molecule has 0 radical (unpaired) electrons. The highest BCUT2D eigenvalue weighted by molar-refractivity contribution is 14.1. The Morgan fingerprint density at radius 3 is 2.86 bits per heavy atom. The maximum atomic E-state index is 12.0. The molecule has 1 saturated heterocycles. The Hall–Kier alpha value is -1.35. The number of hydrogen-bond acceptors (Lipinski definition) is 3. The van der Waals surface area contributed by atoms with Crippen LogP contribution in [0.15, 0.2) is 18.2 Å². The number of carbonyl (C=O) groups excluding carboxylic acids is 1. The molecule has 0 aromatic heterocycles. The van der Waals surface area contributed by atoms with Crippen LogP contribution in [0.3, 0.4) is 0 Å². The first kappa shape index (κ1) is 16.0. The van der Waals surface area contributed by atoms with Gasteiger partial charge >= 0.3 is 12.0 Å². The van der Waals surface area contributed by atoms with Gasteiger partial charge in [-0.15, -0.1) is 0 Å². The van der Waals surface area contributed by atoms with E-state index in [0.717, 1.165) is 29.5 Å². The largest absolute Gasteiger partial charge is 0.478 e. The molecule has 0 saturated carbocycles. The second-order valence-electron chi connectivity index (χ2n) is 5.19. The summed E-state index contributed by atoms with van der Waals surface area (Å²) in [5, 5.41) is 14.7. The number of anilines is 1. The number of carboxylic acid groups (broad SMARTS) is 1. The number of amides is 2. The van der Waals surface area contributed by atoms with E-state index in [9.17, 15) is 14.7 Å². The Balaban J connectivity index is 2.01. The van der Waals surface area contributed by atoms with Crippen molar-refractivity contribution in [2.24, 2.45) is 0 Å². The molecule has 7 heteroatoms. The standard InChI is InChI=1S/C14H18IN3O3/c1-18-6-2-3-10(8-18)16-14(21)17-12-5-4-9(15)7-11(12)13(19)20/h4-5,7,10H,2-3,6,8H2,1H3,(H,19,20)(H2,16,17,21). The van der Waals surface area contributed by atoms with Gasteiger partial charge in [0.25, 0.3) is 0 Å². The number of piperidine rings is 1. The highest BCUT2D eigenvalue weighted by Gasteiger charge is 2.20. The van der Waals surface area contributed by atoms with Gasteiger partial charge in [-0.2, -0.15) is 0 Å². The van der Waals surface area contributed by atoms with Crippen LogP contribution in [-0.4, -0.2) is 48.2 Å². The number of carbonyl (C=O) groups is 2. The van der Waals surface area contributed by atoms with E-state index in [0.29, 0.717) is 5.69 Å². The highest BCUT2D eigenvalue weighted by atomic mass is 127. The molecular weight excluding hydrogens is 385 g/mol. The molecule has 0 spiro atoms. The summed E-state index contributed by atoms with van der Waals surface area (Å²) in [7, 11) is 2.02. The molecule has 2 rings (SSSR count). The molecule has 3 N–H and O–H groups in total. The van der Waals surface area contributed by atoms with Gasteiger partial charge in [-0.1, -0.05) is 0 Å². The number of nitrogens with zero attached hydrogens (tertiary/aromatic N) is 1. The quantitative estimate of drug-likeness (QED) is 0.677. The van der Waals surface area contributed by atoms with Crippen molar-refractivity contribution < 1.29 is 14.7 Å². The topological polar surface area (TPSA) is 81.7 Å². The SMILES string of the molecule is CN1CCCC(NC(=O)Nc2ccc(I)cc2C(=O)O)C1. The van der Waals surface area contributed by atoms with E-state index < -0.39 is 5.97 Å². The van der Waals surface area contributed by atoms with Crippen LogP contribution in [0.1, 0.15) is 23.2 Å². The lowest BCUT2D eigenvalue weighted by atomic mass is 10.1. The Labute approximate surface area is 137 Å². The van der Waals surface area contributed by atoms with Crippen molar-refractivity contribution in [2.75, 3.05) is 25.5 Å². The summed E-state index contributed by atoms with van der Waals surface area (Å²) in [5.41, 5.74) is 0.405. The number of halogens is 1. The van der Waals surface area contributed by atoms with Crippen molar-refractivity contribution in [1.82, 2.24) is 10.2 Å². The van der Waals surface area contributed by atoms with Crippen molar-refractivity contribution in [3.05, 3.63) is 27.3 Å². The number of benzene rings is 1. The van der Waals surface area contributed by atoms with Crippen LogP contribution < -0.4 is 10.6 Å². The number of carboxylic acids is 1. The number of likely N-dealkylation sites (N-methyl/N-ethyl adjacent to an activating group) is 1. The Morgan fingerprint density at radius 1 is 1.43 bits per heavy atom. The fraction of sp³-hybridized carbons (Fsp3) is 0.429. The van der Waals surface area contributed by atoms with Gasteiger partial charge in [0.1, 0.15) is 0 Å². The van der Waals surface area contributed by atoms with E-state index in [1.54, 1.807) is 12.1 Å². The first-order chi connectivity index (χ1) is 9.95. The molecule has 2 amide bonds. The fourth-order valence-electron chi connectivity index (χ4n) is 2.43. The van der Waals surface area contributed by atoms with E-state index in [-0.39, 0.29) is 17.6 Å². The zero-order valence-corrected chi connectivity index (χ0v) is 13.9. The number of urea groups is 1. The number of aromatic carboxylic acids is 1. The summed E-state index contributed by atoms with van der Waals surface area (Å²) in [6, 6.07) is 4.64. The predicted octanol–water partition coefficient (Wildman–Crippen LogP) is 2.21. The number of hydrogen-bond donors (Lipinski definition) is 3. The van der Waals surface area contributed by atoms with E-state index >= 15 is 0 Å². The number of nitrogens with one attached hydrogen (secondary N) is 2. The zero-order valence-electron chi connectivity index (χ0n) is 11.7. The van der Waals surface area contributed by atoms with Crippen LogP contribution in [0.25, 0.3) is 0 Å². The van der Waals surface area contributed by atoms with Crippen LogP contribution in [0, 0.1) is 3.57 Å². The third kappa shape index (κ3) is 4.57. The lowest BCUT2D eigenvalue weighted by molar-refractivity contribution is 0.0698. The van der Waals surface area contributed by atoms with Gasteiger partial charge in [0.15, 0.2) is 0 Å². The highest BCUT2D eigenvalue weighted by Crippen LogP contribution is 2.19. The summed E-state index contributed by atoms with van der Waals surface area (Å²) >= 11 is 2.04. The molecule has 1 aromatic carbocycles. The Bertz CT molecular complexity index is 550. The normalized spacial score (nSPS) is 19.0. The summed E-state index contributed by atoms with van der Waals surface area (Å²) in [6.45, 7) is 1.85. The lowest BCUT2D eigenvalue weighted by Crippen LogP contribution is -2.47. The number of likely N-dealkylation sites (tertiary alicyclic amines) is 1. The molecule has 1 aromatic rings. The summed E-state index contributed by atoms with van der Waals surface area (Å²) in [4.78, 5) is 25.4. The third-order valence-electron chi connectivity index (χ3n) is 3.42. The van der Waals surface area contributed by atoms with Crippen LogP contribution >= 0.6 is 22.6 Å². The molecule has 0 aliphatic carbocycles. The number of rotatable bonds is 3. The first-order valence-corrected chi connectivity index (χ1v) is 7.82. The summed E-state index contributed by atoms with van der Waals surface area (Å²) in [6.07, 6.45) is 1.99. The fourth-order valence-corrected chi connectivity index (χ4v) is 2.92. The van der Waals surface area contributed by atoms with Crippen LogP contribution in [0.4, 0.5) is 10.5 Å². The van der Waals surface area contributed by atoms with Gasteiger partial charge in [-0.05, 0) is 67.2 Å². The molecule has 1 unspecified atom stereocenters. The maximum Gasteiger partial charge on any atom is 0.337 e. The second kappa shape index (κ2) is 7.08.